The standard InChI is InChI=1S/C17H16N2O5/c1-4-22-11-5-6-12-13(8-15(20)23-14(12)7-11)17(21)18-16-9(2)19-24-10(16)3/h5-8H,4H2,1-3H3,(H,18,21). The van der Waals surface area contributed by atoms with Crippen LogP contribution in [0.1, 0.15) is 28.7 Å². The Morgan fingerprint density at radius 3 is 2.75 bits per heavy atom. The third-order valence-electron chi connectivity index (χ3n) is 3.54. The van der Waals surface area contributed by atoms with Crippen molar-refractivity contribution in [3.63, 3.8) is 0 Å². The third kappa shape index (κ3) is 2.88. The molecule has 0 aliphatic carbocycles. The average molecular weight is 328 g/mol. The molecule has 0 fully saturated rings. The van der Waals surface area contributed by atoms with Crippen LogP contribution in [0.2, 0.25) is 0 Å². The van der Waals surface area contributed by atoms with E-state index in [4.69, 9.17) is 13.7 Å². The van der Waals surface area contributed by atoms with E-state index in [9.17, 15) is 9.59 Å². The lowest BCUT2D eigenvalue weighted by Crippen LogP contribution is -2.16. The van der Waals surface area contributed by atoms with Gasteiger partial charge in [-0.05, 0) is 32.9 Å². The van der Waals surface area contributed by atoms with Crippen molar-refractivity contribution < 1.29 is 18.5 Å². The van der Waals surface area contributed by atoms with Crippen LogP contribution in [0.15, 0.2) is 38.0 Å². The molecule has 0 spiro atoms. The molecule has 0 saturated carbocycles. The van der Waals surface area contributed by atoms with E-state index in [0.717, 1.165) is 6.07 Å². The van der Waals surface area contributed by atoms with Gasteiger partial charge in [0.2, 0.25) is 0 Å². The molecule has 3 rings (SSSR count). The fraction of sp³-hybridized carbons (Fsp3) is 0.235. The predicted octanol–water partition coefficient (Wildman–Crippen LogP) is 3.05. The summed E-state index contributed by atoms with van der Waals surface area (Å²) in [5, 5.41) is 7.03. The summed E-state index contributed by atoms with van der Waals surface area (Å²) in [7, 11) is 0. The summed E-state index contributed by atoms with van der Waals surface area (Å²) in [6, 6.07) is 6.16. The van der Waals surface area contributed by atoms with Crippen molar-refractivity contribution in [2.45, 2.75) is 20.8 Å². The highest BCUT2D eigenvalue weighted by atomic mass is 16.5. The minimum atomic E-state index is -0.611. The van der Waals surface area contributed by atoms with E-state index in [2.05, 4.69) is 10.5 Å². The summed E-state index contributed by atoms with van der Waals surface area (Å²) in [5.74, 6) is 0.620. The molecule has 0 bridgehead atoms. The number of fused-ring (bicyclic) bond motifs is 1. The van der Waals surface area contributed by atoms with E-state index in [1.165, 1.54) is 0 Å². The van der Waals surface area contributed by atoms with Gasteiger partial charge in [-0.1, -0.05) is 5.16 Å². The Kier molecular flexibility index (Phi) is 4.07. The molecule has 0 aliphatic rings. The predicted molar refractivity (Wildman–Crippen MR) is 87.6 cm³/mol. The minimum Gasteiger partial charge on any atom is -0.494 e. The maximum absolute atomic E-state index is 12.6. The number of benzene rings is 1. The van der Waals surface area contributed by atoms with Crippen molar-refractivity contribution in [1.82, 2.24) is 5.16 Å². The number of hydrogen-bond acceptors (Lipinski definition) is 6. The van der Waals surface area contributed by atoms with Gasteiger partial charge in [0.05, 0.1) is 12.2 Å². The van der Waals surface area contributed by atoms with Crippen molar-refractivity contribution in [3.05, 3.63) is 51.7 Å². The van der Waals surface area contributed by atoms with Gasteiger partial charge in [0, 0.05) is 17.5 Å². The molecule has 0 atom stereocenters. The first-order valence-corrected chi connectivity index (χ1v) is 7.44. The van der Waals surface area contributed by atoms with Crippen molar-refractivity contribution in [2.75, 3.05) is 11.9 Å². The van der Waals surface area contributed by atoms with Crippen LogP contribution in [-0.2, 0) is 0 Å². The molecule has 2 aromatic heterocycles. The molecular weight excluding hydrogens is 312 g/mol. The number of carbonyl (C=O) groups excluding carboxylic acids is 1. The van der Waals surface area contributed by atoms with E-state index >= 15 is 0 Å². The van der Waals surface area contributed by atoms with Gasteiger partial charge in [0.15, 0.2) is 5.76 Å². The first-order chi connectivity index (χ1) is 11.5. The molecule has 1 amide bonds. The first-order valence-electron chi connectivity index (χ1n) is 7.44. The van der Waals surface area contributed by atoms with Crippen LogP contribution in [0.5, 0.6) is 5.75 Å². The number of aryl methyl sites for hydroxylation is 2. The van der Waals surface area contributed by atoms with Gasteiger partial charge in [0.1, 0.15) is 22.7 Å². The zero-order valence-corrected chi connectivity index (χ0v) is 13.5. The maximum Gasteiger partial charge on any atom is 0.337 e. The molecule has 124 valence electrons. The second-order valence-electron chi connectivity index (χ2n) is 5.22. The van der Waals surface area contributed by atoms with Crippen molar-refractivity contribution in [3.8, 4) is 5.75 Å². The summed E-state index contributed by atoms with van der Waals surface area (Å²) in [4.78, 5) is 24.4. The highest BCUT2D eigenvalue weighted by Crippen LogP contribution is 2.25. The number of carbonyl (C=O) groups is 1. The Balaban J connectivity index is 2.05. The Morgan fingerprint density at radius 1 is 1.29 bits per heavy atom. The van der Waals surface area contributed by atoms with Crippen molar-refractivity contribution in [2.24, 2.45) is 0 Å². The second kappa shape index (κ2) is 6.19. The molecule has 1 N–H and O–H groups in total. The summed E-state index contributed by atoms with van der Waals surface area (Å²) >= 11 is 0. The summed E-state index contributed by atoms with van der Waals surface area (Å²) in [6.07, 6.45) is 0. The molecule has 0 unspecified atom stereocenters. The quantitative estimate of drug-likeness (QED) is 0.740. The molecular formula is C17H16N2O5. The van der Waals surface area contributed by atoms with Gasteiger partial charge in [-0.2, -0.15) is 0 Å². The van der Waals surface area contributed by atoms with E-state index in [1.54, 1.807) is 32.0 Å². The summed E-state index contributed by atoms with van der Waals surface area (Å²) in [6.45, 7) is 5.76. The zero-order valence-electron chi connectivity index (χ0n) is 13.5. The number of nitrogens with one attached hydrogen (secondary N) is 1. The zero-order chi connectivity index (χ0) is 17.3. The van der Waals surface area contributed by atoms with Gasteiger partial charge < -0.3 is 19.0 Å². The summed E-state index contributed by atoms with van der Waals surface area (Å²) < 4.78 is 15.6. The molecule has 24 heavy (non-hydrogen) atoms. The fourth-order valence-corrected chi connectivity index (χ4v) is 2.43. The monoisotopic (exact) mass is 328 g/mol. The van der Waals surface area contributed by atoms with Crippen LogP contribution in [0.25, 0.3) is 11.0 Å². The Morgan fingerprint density at radius 2 is 2.08 bits per heavy atom. The van der Waals surface area contributed by atoms with Crippen molar-refractivity contribution in [1.29, 1.82) is 0 Å². The third-order valence-corrected chi connectivity index (χ3v) is 3.54. The van der Waals surface area contributed by atoms with Crippen molar-refractivity contribution >= 4 is 22.6 Å². The Bertz CT molecular complexity index is 951. The number of rotatable bonds is 4. The van der Waals surface area contributed by atoms with E-state index in [0.29, 0.717) is 34.9 Å². The van der Waals surface area contributed by atoms with E-state index in [1.807, 2.05) is 6.92 Å². The summed E-state index contributed by atoms with van der Waals surface area (Å²) in [5.41, 5.74) is 0.945. The van der Waals surface area contributed by atoms with Crippen LogP contribution < -0.4 is 15.7 Å². The maximum atomic E-state index is 12.6. The lowest BCUT2D eigenvalue weighted by atomic mass is 10.1. The number of ether oxygens (including phenoxy) is 1. The normalized spacial score (nSPS) is 10.8. The fourth-order valence-electron chi connectivity index (χ4n) is 2.43. The lowest BCUT2D eigenvalue weighted by Gasteiger charge is -2.08. The second-order valence-corrected chi connectivity index (χ2v) is 5.22. The molecule has 1 aromatic carbocycles. The highest BCUT2D eigenvalue weighted by molar-refractivity contribution is 6.12. The molecule has 3 aromatic rings. The van der Waals surface area contributed by atoms with Gasteiger partial charge in [-0.15, -0.1) is 0 Å². The molecule has 0 aliphatic heterocycles. The van der Waals surface area contributed by atoms with Gasteiger partial charge in [0.25, 0.3) is 5.91 Å². The SMILES string of the molecule is CCOc1ccc2c(C(=O)Nc3c(C)noc3C)cc(=O)oc2c1. The number of aromatic nitrogens is 1. The molecule has 7 heteroatoms. The van der Waals surface area contributed by atoms with Gasteiger partial charge in [-0.25, -0.2) is 4.79 Å². The van der Waals surface area contributed by atoms with Gasteiger partial charge in [-0.3, -0.25) is 4.79 Å². The molecule has 2 heterocycles. The number of hydrogen-bond donors (Lipinski definition) is 1. The minimum absolute atomic E-state index is 0.212. The van der Waals surface area contributed by atoms with Gasteiger partial charge >= 0.3 is 5.63 Å². The average Bonchev–Trinajstić information content (AvgIpc) is 2.86. The molecule has 0 radical (unpaired) electrons. The van der Waals surface area contributed by atoms with Crippen LogP contribution in [0, 0.1) is 13.8 Å². The Labute approximate surface area is 137 Å². The number of amides is 1. The molecule has 7 nitrogen and oxygen atoms in total. The Hall–Kier alpha value is -3.09. The van der Waals surface area contributed by atoms with E-state index in [-0.39, 0.29) is 11.1 Å². The lowest BCUT2D eigenvalue weighted by molar-refractivity contribution is 0.102. The number of nitrogens with zero attached hydrogens (tertiary/aromatic N) is 1. The molecule has 0 saturated heterocycles. The number of anilines is 1. The van der Waals surface area contributed by atoms with E-state index < -0.39 is 11.5 Å². The smallest absolute Gasteiger partial charge is 0.337 e. The highest BCUT2D eigenvalue weighted by Gasteiger charge is 2.17. The van der Waals surface area contributed by atoms with Crippen LogP contribution in [-0.4, -0.2) is 17.7 Å². The van der Waals surface area contributed by atoms with Crippen LogP contribution >= 0.6 is 0 Å². The van der Waals surface area contributed by atoms with Crippen LogP contribution in [0.3, 0.4) is 0 Å². The first kappa shape index (κ1) is 15.8. The largest absolute Gasteiger partial charge is 0.494 e. The van der Waals surface area contributed by atoms with Crippen LogP contribution in [0.4, 0.5) is 5.69 Å². The topological polar surface area (TPSA) is 94.6 Å².